The van der Waals surface area contributed by atoms with Gasteiger partial charge in [-0.1, -0.05) is 29.8 Å². The molecule has 4 nitrogen and oxygen atoms in total. The molecule has 110 valence electrons. The molecule has 0 aliphatic heterocycles. The molecule has 0 amide bonds. The van der Waals surface area contributed by atoms with Crippen LogP contribution in [0.2, 0.25) is 0 Å². The number of aromatic nitrogens is 4. The molecule has 0 saturated heterocycles. The van der Waals surface area contributed by atoms with Gasteiger partial charge in [0, 0.05) is 21.6 Å². The number of nitrogens with one attached hydrogen (secondary N) is 1. The van der Waals surface area contributed by atoms with E-state index in [0.717, 1.165) is 27.5 Å². The van der Waals surface area contributed by atoms with Crippen LogP contribution in [0.4, 0.5) is 0 Å². The highest BCUT2D eigenvalue weighted by molar-refractivity contribution is 9.10. The van der Waals surface area contributed by atoms with E-state index in [-0.39, 0.29) is 6.04 Å². The van der Waals surface area contributed by atoms with Crippen molar-refractivity contribution in [3.63, 3.8) is 0 Å². The third-order valence-corrected chi connectivity index (χ3v) is 4.12. The Bertz CT molecular complexity index is 757. The molecule has 0 saturated carbocycles. The molecular formula is C16H19BrN4. The van der Waals surface area contributed by atoms with E-state index < -0.39 is 0 Å². The van der Waals surface area contributed by atoms with Gasteiger partial charge in [0.15, 0.2) is 0 Å². The molecule has 21 heavy (non-hydrogen) atoms. The first-order valence-corrected chi connectivity index (χ1v) is 7.98. The van der Waals surface area contributed by atoms with Crippen LogP contribution in [0.3, 0.4) is 0 Å². The third-order valence-electron chi connectivity index (χ3n) is 3.66. The van der Waals surface area contributed by atoms with Crippen LogP contribution in [-0.4, -0.2) is 20.0 Å². The standard InChI is InChI=1S/C16H19BrN4/c1-10(2)6-15(21-5-4-11(3)20-21)14-8-13(17)7-12-9-18-19-16(12)14/h4-5,7-10,15H,6H2,1-3H3,(H,18,19). The number of H-pyrrole nitrogens is 1. The maximum Gasteiger partial charge on any atom is 0.0792 e. The summed E-state index contributed by atoms with van der Waals surface area (Å²) in [5.74, 6) is 0.580. The first-order chi connectivity index (χ1) is 10.0. The molecule has 2 heterocycles. The third kappa shape index (κ3) is 2.88. The number of aryl methyl sites for hydroxylation is 1. The predicted octanol–water partition coefficient (Wildman–Crippen LogP) is 4.47. The number of hydrogen-bond acceptors (Lipinski definition) is 2. The molecule has 0 bridgehead atoms. The normalized spacial score (nSPS) is 13.2. The zero-order valence-electron chi connectivity index (χ0n) is 12.5. The van der Waals surface area contributed by atoms with Crippen molar-refractivity contribution in [2.24, 2.45) is 5.92 Å². The monoisotopic (exact) mass is 346 g/mol. The van der Waals surface area contributed by atoms with Gasteiger partial charge < -0.3 is 0 Å². The predicted molar refractivity (Wildman–Crippen MR) is 88.4 cm³/mol. The molecule has 1 unspecified atom stereocenters. The minimum Gasteiger partial charge on any atom is -0.277 e. The van der Waals surface area contributed by atoms with Crippen molar-refractivity contribution in [2.45, 2.75) is 33.2 Å². The van der Waals surface area contributed by atoms with E-state index >= 15 is 0 Å². The highest BCUT2D eigenvalue weighted by atomic mass is 79.9. The zero-order valence-corrected chi connectivity index (χ0v) is 14.1. The summed E-state index contributed by atoms with van der Waals surface area (Å²) in [5.41, 5.74) is 3.37. The van der Waals surface area contributed by atoms with Crippen molar-refractivity contribution in [1.82, 2.24) is 20.0 Å². The zero-order chi connectivity index (χ0) is 15.0. The fourth-order valence-electron chi connectivity index (χ4n) is 2.74. The number of fused-ring (bicyclic) bond motifs is 1. The van der Waals surface area contributed by atoms with Gasteiger partial charge in [0.1, 0.15) is 0 Å². The Morgan fingerprint density at radius 1 is 1.33 bits per heavy atom. The summed E-state index contributed by atoms with van der Waals surface area (Å²) in [6.45, 7) is 6.51. The van der Waals surface area contributed by atoms with Crippen LogP contribution in [0, 0.1) is 12.8 Å². The lowest BCUT2D eigenvalue weighted by Crippen LogP contribution is -2.14. The lowest BCUT2D eigenvalue weighted by Gasteiger charge is -2.21. The fourth-order valence-corrected chi connectivity index (χ4v) is 3.23. The van der Waals surface area contributed by atoms with Gasteiger partial charge in [-0.25, -0.2) is 0 Å². The second-order valence-electron chi connectivity index (χ2n) is 5.91. The smallest absolute Gasteiger partial charge is 0.0792 e. The summed E-state index contributed by atoms with van der Waals surface area (Å²) in [5, 5.41) is 13.1. The molecule has 1 aromatic carbocycles. The van der Waals surface area contributed by atoms with Crippen molar-refractivity contribution in [2.75, 3.05) is 0 Å². The van der Waals surface area contributed by atoms with Crippen LogP contribution in [0.25, 0.3) is 10.9 Å². The van der Waals surface area contributed by atoms with E-state index in [0.29, 0.717) is 5.92 Å². The van der Waals surface area contributed by atoms with Gasteiger partial charge in [0.25, 0.3) is 0 Å². The molecule has 3 rings (SSSR count). The molecular weight excluding hydrogens is 328 g/mol. The molecule has 0 fully saturated rings. The lowest BCUT2D eigenvalue weighted by molar-refractivity contribution is 0.422. The quantitative estimate of drug-likeness (QED) is 0.757. The highest BCUT2D eigenvalue weighted by Crippen LogP contribution is 2.32. The molecule has 0 spiro atoms. The van der Waals surface area contributed by atoms with Crippen LogP contribution < -0.4 is 0 Å². The summed E-state index contributed by atoms with van der Waals surface area (Å²) in [7, 11) is 0. The van der Waals surface area contributed by atoms with Gasteiger partial charge >= 0.3 is 0 Å². The molecule has 1 atom stereocenters. The van der Waals surface area contributed by atoms with E-state index in [1.54, 1.807) is 0 Å². The summed E-state index contributed by atoms with van der Waals surface area (Å²) >= 11 is 3.61. The Morgan fingerprint density at radius 3 is 2.81 bits per heavy atom. The molecule has 2 aromatic heterocycles. The Hall–Kier alpha value is -1.62. The number of benzene rings is 1. The van der Waals surface area contributed by atoms with E-state index in [1.165, 1.54) is 5.56 Å². The average Bonchev–Trinajstić information content (AvgIpc) is 3.03. The fraction of sp³-hybridized carbons (Fsp3) is 0.375. The summed E-state index contributed by atoms with van der Waals surface area (Å²) < 4.78 is 3.14. The molecule has 0 radical (unpaired) electrons. The Kier molecular flexibility index (Phi) is 3.85. The van der Waals surface area contributed by atoms with Crippen LogP contribution >= 0.6 is 15.9 Å². The van der Waals surface area contributed by atoms with Gasteiger partial charge in [0.2, 0.25) is 0 Å². The average molecular weight is 347 g/mol. The van der Waals surface area contributed by atoms with E-state index in [9.17, 15) is 0 Å². The van der Waals surface area contributed by atoms with Crippen LogP contribution in [0.5, 0.6) is 0 Å². The van der Waals surface area contributed by atoms with Crippen molar-refractivity contribution in [1.29, 1.82) is 0 Å². The van der Waals surface area contributed by atoms with Gasteiger partial charge in [0.05, 0.1) is 23.4 Å². The first-order valence-electron chi connectivity index (χ1n) is 7.19. The van der Waals surface area contributed by atoms with E-state index in [2.05, 4.69) is 74.2 Å². The van der Waals surface area contributed by atoms with E-state index in [4.69, 9.17) is 0 Å². The second-order valence-corrected chi connectivity index (χ2v) is 6.83. The number of nitrogens with zero attached hydrogens (tertiary/aromatic N) is 3. The minimum absolute atomic E-state index is 0.208. The Morgan fingerprint density at radius 2 is 2.14 bits per heavy atom. The summed E-state index contributed by atoms with van der Waals surface area (Å²) in [6.07, 6.45) is 4.96. The summed E-state index contributed by atoms with van der Waals surface area (Å²) in [4.78, 5) is 0. The van der Waals surface area contributed by atoms with Gasteiger partial charge in [-0.2, -0.15) is 10.2 Å². The molecule has 0 aliphatic carbocycles. The SMILES string of the molecule is Cc1ccn(C(CC(C)C)c2cc(Br)cc3cn[nH]c23)n1. The second kappa shape index (κ2) is 5.64. The largest absolute Gasteiger partial charge is 0.277 e. The number of rotatable bonds is 4. The van der Waals surface area contributed by atoms with Crippen molar-refractivity contribution in [3.8, 4) is 0 Å². The maximum absolute atomic E-state index is 4.63. The van der Waals surface area contributed by atoms with Gasteiger partial charge in [-0.15, -0.1) is 0 Å². The number of halogens is 1. The van der Waals surface area contributed by atoms with Crippen LogP contribution in [0.1, 0.15) is 37.6 Å². The van der Waals surface area contributed by atoms with Crippen molar-refractivity contribution < 1.29 is 0 Å². The molecule has 0 aliphatic rings. The van der Waals surface area contributed by atoms with Crippen LogP contribution in [-0.2, 0) is 0 Å². The first kappa shape index (κ1) is 14.3. The molecule has 1 N–H and O–H groups in total. The number of hydrogen-bond donors (Lipinski definition) is 1. The van der Waals surface area contributed by atoms with Gasteiger partial charge in [-0.3, -0.25) is 9.78 Å². The molecule has 3 aromatic rings. The highest BCUT2D eigenvalue weighted by Gasteiger charge is 2.20. The van der Waals surface area contributed by atoms with Crippen LogP contribution in [0.15, 0.2) is 35.1 Å². The lowest BCUT2D eigenvalue weighted by atomic mass is 9.95. The summed E-state index contributed by atoms with van der Waals surface area (Å²) in [6, 6.07) is 6.52. The van der Waals surface area contributed by atoms with E-state index in [1.807, 2.05) is 13.1 Å². The van der Waals surface area contributed by atoms with Gasteiger partial charge in [-0.05, 0) is 37.5 Å². The maximum atomic E-state index is 4.63. The van der Waals surface area contributed by atoms with Crippen molar-refractivity contribution in [3.05, 3.63) is 46.3 Å². The molecule has 5 heteroatoms. The minimum atomic E-state index is 0.208. The Balaban J connectivity index is 2.16. The Labute approximate surface area is 132 Å². The number of aromatic amines is 1. The van der Waals surface area contributed by atoms with Crippen molar-refractivity contribution >= 4 is 26.8 Å². The topological polar surface area (TPSA) is 46.5 Å².